The maximum Gasteiger partial charge on any atom is 0.375 e. The molecule has 0 aliphatic carbocycles. The van der Waals surface area contributed by atoms with Gasteiger partial charge in [0.25, 0.3) is 11.8 Å². The van der Waals surface area contributed by atoms with Gasteiger partial charge in [0, 0.05) is 16.5 Å². The summed E-state index contributed by atoms with van der Waals surface area (Å²) >= 11 is 0. The topological polar surface area (TPSA) is 85.6 Å². The molecule has 0 fully saturated rings. The molecule has 132 valence electrons. The summed E-state index contributed by atoms with van der Waals surface area (Å²) < 4.78 is 23.5. The van der Waals surface area contributed by atoms with E-state index < -0.39 is 30.2 Å². The van der Waals surface area contributed by atoms with Crippen LogP contribution in [0.5, 0.6) is 0 Å². The zero-order chi connectivity index (χ0) is 18.7. The van der Waals surface area contributed by atoms with Crippen LogP contribution in [0.1, 0.15) is 26.5 Å². The number of carbonyl (C=O) groups excluding carboxylic acids is 3. The first kappa shape index (κ1) is 17.3. The van der Waals surface area contributed by atoms with Crippen molar-refractivity contribution in [3.63, 3.8) is 0 Å². The molecule has 0 aliphatic heterocycles. The van der Waals surface area contributed by atoms with Crippen LogP contribution < -0.4 is 5.32 Å². The fourth-order valence-electron chi connectivity index (χ4n) is 2.41. The molecule has 0 aliphatic rings. The summed E-state index contributed by atoms with van der Waals surface area (Å²) in [6.45, 7) is 0.934. The lowest BCUT2D eigenvalue weighted by Crippen LogP contribution is -2.34. The summed E-state index contributed by atoms with van der Waals surface area (Å²) in [5.41, 5.74) is 1.05. The Morgan fingerprint density at radius 2 is 1.85 bits per heavy atom. The fourth-order valence-corrected chi connectivity index (χ4v) is 2.41. The summed E-state index contributed by atoms with van der Waals surface area (Å²) in [6.07, 6.45) is 0. The van der Waals surface area contributed by atoms with Gasteiger partial charge in [0.15, 0.2) is 6.61 Å². The molecule has 7 heteroatoms. The number of hydrogen-bond donors (Lipinski definition) is 1. The van der Waals surface area contributed by atoms with Gasteiger partial charge in [-0.3, -0.25) is 14.9 Å². The Hall–Kier alpha value is -3.48. The first-order valence-electron chi connectivity index (χ1n) is 7.70. The van der Waals surface area contributed by atoms with E-state index in [2.05, 4.69) is 5.32 Å². The average Bonchev–Trinajstić information content (AvgIpc) is 2.97. The second-order valence-electron chi connectivity index (χ2n) is 5.52. The van der Waals surface area contributed by atoms with Crippen LogP contribution in [0.4, 0.5) is 4.39 Å². The first-order valence-corrected chi connectivity index (χ1v) is 7.70. The number of aryl methyl sites for hydroxylation is 1. The third-order valence-electron chi connectivity index (χ3n) is 3.71. The second kappa shape index (κ2) is 7.18. The number of amides is 2. The zero-order valence-corrected chi connectivity index (χ0v) is 13.7. The number of nitrogens with one attached hydrogen (secondary N) is 1. The second-order valence-corrected chi connectivity index (χ2v) is 5.52. The number of ether oxygens (including phenoxy) is 1. The third kappa shape index (κ3) is 3.61. The molecule has 0 spiro atoms. The monoisotopic (exact) mass is 355 g/mol. The highest BCUT2D eigenvalue weighted by Gasteiger charge is 2.21. The molecular weight excluding hydrogens is 341 g/mol. The molecule has 1 N–H and O–H groups in total. The van der Waals surface area contributed by atoms with Gasteiger partial charge in [0.1, 0.15) is 11.4 Å². The summed E-state index contributed by atoms with van der Waals surface area (Å²) in [4.78, 5) is 35.7. The van der Waals surface area contributed by atoms with Gasteiger partial charge in [-0.25, -0.2) is 9.18 Å². The molecule has 0 bridgehead atoms. The van der Waals surface area contributed by atoms with Gasteiger partial charge in [0.05, 0.1) is 0 Å². The molecule has 26 heavy (non-hydrogen) atoms. The average molecular weight is 355 g/mol. The van der Waals surface area contributed by atoms with Gasteiger partial charge in [0.2, 0.25) is 5.76 Å². The lowest BCUT2D eigenvalue weighted by atomic mass is 10.1. The maximum atomic E-state index is 13.3. The molecule has 0 saturated heterocycles. The van der Waals surface area contributed by atoms with Gasteiger partial charge in [-0.1, -0.05) is 18.2 Å². The number of imide groups is 1. The van der Waals surface area contributed by atoms with Crippen LogP contribution in [0.2, 0.25) is 0 Å². The molecule has 0 saturated carbocycles. The molecule has 2 aromatic carbocycles. The molecule has 3 rings (SSSR count). The van der Waals surface area contributed by atoms with Gasteiger partial charge in [-0.05, 0) is 37.3 Å². The quantitative estimate of drug-likeness (QED) is 0.727. The van der Waals surface area contributed by atoms with Crippen LogP contribution in [-0.4, -0.2) is 24.4 Å². The summed E-state index contributed by atoms with van der Waals surface area (Å²) in [5.74, 6) is -2.82. The van der Waals surface area contributed by atoms with E-state index in [1.165, 1.54) is 18.2 Å². The Labute approximate surface area is 147 Å². The minimum absolute atomic E-state index is 0.118. The first-order chi connectivity index (χ1) is 12.5. The smallest absolute Gasteiger partial charge is 0.375 e. The van der Waals surface area contributed by atoms with Crippen LogP contribution in [0.15, 0.2) is 52.9 Å². The Kier molecular flexibility index (Phi) is 4.79. The number of furan rings is 1. The number of fused-ring (bicyclic) bond motifs is 1. The molecule has 2 amide bonds. The van der Waals surface area contributed by atoms with Gasteiger partial charge in [-0.2, -0.15) is 0 Å². The highest BCUT2D eigenvalue weighted by atomic mass is 19.1. The van der Waals surface area contributed by atoms with Crippen molar-refractivity contribution < 1.29 is 27.9 Å². The predicted molar refractivity (Wildman–Crippen MR) is 90.1 cm³/mol. The van der Waals surface area contributed by atoms with E-state index in [1.54, 1.807) is 37.3 Å². The van der Waals surface area contributed by atoms with Crippen molar-refractivity contribution in [1.82, 2.24) is 5.32 Å². The van der Waals surface area contributed by atoms with Crippen molar-refractivity contribution in [1.29, 1.82) is 0 Å². The maximum absolute atomic E-state index is 13.3. The predicted octanol–water partition coefficient (Wildman–Crippen LogP) is 2.99. The van der Waals surface area contributed by atoms with Crippen molar-refractivity contribution in [2.45, 2.75) is 6.92 Å². The fraction of sp³-hybridized carbons (Fsp3) is 0.105. The van der Waals surface area contributed by atoms with E-state index in [1.807, 2.05) is 0 Å². The number of carbonyl (C=O) groups is 3. The van der Waals surface area contributed by atoms with Crippen LogP contribution in [0, 0.1) is 12.7 Å². The van der Waals surface area contributed by atoms with Gasteiger partial charge < -0.3 is 9.15 Å². The Morgan fingerprint density at radius 3 is 2.58 bits per heavy atom. The molecule has 3 aromatic rings. The number of halogens is 1. The van der Waals surface area contributed by atoms with Crippen molar-refractivity contribution in [3.05, 3.63) is 71.2 Å². The zero-order valence-electron chi connectivity index (χ0n) is 13.7. The number of hydrogen-bond acceptors (Lipinski definition) is 5. The molecule has 0 radical (unpaired) electrons. The molecule has 1 aromatic heterocycles. The Bertz CT molecular complexity index is 994. The van der Waals surface area contributed by atoms with Crippen LogP contribution in [0.3, 0.4) is 0 Å². The molecule has 6 nitrogen and oxygen atoms in total. The van der Waals surface area contributed by atoms with Crippen molar-refractivity contribution in [2.24, 2.45) is 0 Å². The van der Waals surface area contributed by atoms with Crippen molar-refractivity contribution in [3.8, 4) is 0 Å². The van der Waals surface area contributed by atoms with Gasteiger partial charge >= 0.3 is 5.97 Å². The number of esters is 1. The number of benzene rings is 2. The van der Waals surface area contributed by atoms with E-state index >= 15 is 0 Å². The van der Waals surface area contributed by atoms with Crippen LogP contribution >= 0.6 is 0 Å². The largest absolute Gasteiger partial charge is 0.450 e. The van der Waals surface area contributed by atoms with Crippen molar-refractivity contribution in [2.75, 3.05) is 6.61 Å². The Balaban J connectivity index is 1.63. The Morgan fingerprint density at radius 1 is 1.12 bits per heavy atom. The third-order valence-corrected chi connectivity index (χ3v) is 3.71. The van der Waals surface area contributed by atoms with E-state index in [0.717, 1.165) is 0 Å². The molecule has 1 heterocycles. The highest BCUT2D eigenvalue weighted by Crippen LogP contribution is 2.26. The van der Waals surface area contributed by atoms with Crippen LogP contribution in [0.25, 0.3) is 11.0 Å². The standard InChI is InChI=1S/C19H14FNO5/c1-11-14-9-13(20)7-8-15(14)26-17(11)19(24)25-10-16(22)21-18(23)12-5-3-2-4-6-12/h2-9H,10H2,1H3,(H,21,22,23). The highest BCUT2D eigenvalue weighted by molar-refractivity contribution is 6.05. The normalized spacial score (nSPS) is 10.5. The lowest BCUT2D eigenvalue weighted by molar-refractivity contribution is -0.123. The minimum Gasteiger partial charge on any atom is -0.450 e. The SMILES string of the molecule is Cc1c(C(=O)OCC(=O)NC(=O)c2ccccc2)oc2ccc(F)cc12. The molecule has 0 unspecified atom stereocenters. The van der Waals surface area contributed by atoms with E-state index in [4.69, 9.17) is 9.15 Å². The molecular formula is C19H14FNO5. The van der Waals surface area contributed by atoms with E-state index in [9.17, 15) is 18.8 Å². The van der Waals surface area contributed by atoms with Crippen LogP contribution in [-0.2, 0) is 9.53 Å². The number of rotatable bonds is 4. The molecule has 0 atom stereocenters. The van der Waals surface area contributed by atoms with E-state index in [-0.39, 0.29) is 5.76 Å². The van der Waals surface area contributed by atoms with Crippen molar-refractivity contribution >= 4 is 28.8 Å². The van der Waals surface area contributed by atoms with Gasteiger partial charge in [-0.15, -0.1) is 0 Å². The summed E-state index contributed by atoms with van der Waals surface area (Å²) in [6, 6.07) is 12.0. The summed E-state index contributed by atoms with van der Waals surface area (Å²) in [5, 5.41) is 2.56. The minimum atomic E-state index is -0.874. The van der Waals surface area contributed by atoms with E-state index in [0.29, 0.717) is 22.1 Å². The lowest BCUT2D eigenvalue weighted by Gasteiger charge is -2.05. The summed E-state index contributed by atoms with van der Waals surface area (Å²) in [7, 11) is 0.